The molecular weight excluding hydrogens is 508 g/mol. The predicted octanol–water partition coefficient (Wildman–Crippen LogP) is 4.94. The summed E-state index contributed by atoms with van der Waals surface area (Å²) in [5.74, 6) is 0.340. The maximum atomic E-state index is 12.4. The Morgan fingerprint density at radius 1 is 1.26 bits per heavy atom. The Labute approximate surface area is 196 Å². The summed E-state index contributed by atoms with van der Waals surface area (Å²) in [5, 5.41) is 3.67. The highest BCUT2D eigenvalue weighted by atomic mass is 79.9. The van der Waals surface area contributed by atoms with Crippen LogP contribution in [0.4, 0.5) is 5.69 Å². The van der Waals surface area contributed by atoms with Crippen molar-refractivity contribution in [1.82, 2.24) is 5.32 Å². The largest absolute Gasteiger partial charge is 0.494 e. The summed E-state index contributed by atoms with van der Waals surface area (Å²) in [5.41, 5.74) is 1.29. The molecule has 3 rings (SSSR count). The Morgan fingerprint density at radius 3 is 2.74 bits per heavy atom. The Morgan fingerprint density at radius 2 is 2.03 bits per heavy atom. The maximum Gasteiger partial charge on any atom is 0.344 e. The van der Waals surface area contributed by atoms with E-state index in [-0.39, 0.29) is 12.5 Å². The number of hydrogen-bond donors (Lipinski definition) is 1. The van der Waals surface area contributed by atoms with Gasteiger partial charge in [-0.2, -0.15) is 0 Å². The summed E-state index contributed by atoms with van der Waals surface area (Å²) in [6.07, 6.45) is 1.73. The zero-order chi connectivity index (χ0) is 22.4. The van der Waals surface area contributed by atoms with Crippen molar-refractivity contribution < 1.29 is 23.8 Å². The van der Waals surface area contributed by atoms with E-state index in [0.29, 0.717) is 43.4 Å². The number of amidine groups is 1. The van der Waals surface area contributed by atoms with E-state index >= 15 is 0 Å². The molecule has 0 bridgehead atoms. The highest BCUT2D eigenvalue weighted by molar-refractivity contribution is 9.10. The lowest BCUT2D eigenvalue weighted by Crippen LogP contribution is -2.19. The average Bonchev–Trinajstić information content (AvgIpc) is 3.06. The molecule has 1 amide bonds. The van der Waals surface area contributed by atoms with Crippen LogP contribution in [0.5, 0.6) is 11.5 Å². The van der Waals surface area contributed by atoms with E-state index < -0.39 is 5.97 Å². The SMILES string of the molecule is CCOC(=O)COc1ccc(/C=C2\SC(=Nc3cc(Cl)ccc3OC)NC2=O)cc1Br. The van der Waals surface area contributed by atoms with E-state index in [1.807, 2.05) is 0 Å². The van der Waals surface area contributed by atoms with E-state index in [2.05, 4.69) is 26.2 Å². The smallest absolute Gasteiger partial charge is 0.344 e. The van der Waals surface area contributed by atoms with Gasteiger partial charge in [-0.05, 0) is 76.6 Å². The van der Waals surface area contributed by atoms with Crippen LogP contribution in [0.3, 0.4) is 0 Å². The molecular formula is C21H18BrClN2O5S. The normalized spacial score (nSPS) is 15.8. The molecule has 10 heteroatoms. The number of nitrogens with zero attached hydrogens (tertiary/aromatic N) is 1. The number of benzene rings is 2. The van der Waals surface area contributed by atoms with Crippen LogP contribution in [0.25, 0.3) is 6.08 Å². The van der Waals surface area contributed by atoms with E-state index in [9.17, 15) is 9.59 Å². The second kappa shape index (κ2) is 10.7. The number of ether oxygens (including phenoxy) is 3. The van der Waals surface area contributed by atoms with Crippen molar-refractivity contribution in [2.45, 2.75) is 6.92 Å². The minimum Gasteiger partial charge on any atom is -0.494 e. The van der Waals surface area contributed by atoms with Crippen LogP contribution in [0.15, 0.2) is 50.8 Å². The molecule has 1 N–H and O–H groups in total. The predicted molar refractivity (Wildman–Crippen MR) is 125 cm³/mol. The molecule has 0 aromatic heterocycles. The number of amides is 1. The zero-order valence-corrected chi connectivity index (χ0v) is 19.8. The Hall–Kier alpha value is -2.49. The number of nitrogens with one attached hydrogen (secondary N) is 1. The minimum absolute atomic E-state index is 0.183. The molecule has 1 aliphatic rings. The van der Waals surface area contributed by atoms with Gasteiger partial charge in [0.2, 0.25) is 0 Å². The van der Waals surface area contributed by atoms with Crippen LogP contribution in [-0.4, -0.2) is 37.4 Å². The highest BCUT2D eigenvalue weighted by Crippen LogP contribution is 2.34. The molecule has 0 saturated carbocycles. The Balaban J connectivity index is 1.74. The Kier molecular flexibility index (Phi) is 8.00. The van der Waals surface area contributed by atoms with Gasteiger partial charge in [0.1, 0.15) is 17.2 Å². The van der Waals surface area contributed by atoms with Crippen molar-refractivity contribution in [3.05, 3.63) is 56.4 Å². The molecule has 1 fully saturated rings. The highest BCUT2D eigenvalue weighted by Gasteiger charge is 2.24. The van der Waals surface area contributed by atoms with E-state index in [4.69, 9.17) is 25.8 Å². The third-order valence-corrected chi connectivity index (χ3v) is 5.68. The minimum atomic E-state index is -0.442. The molecule has 0 atom stereocenters. The number of hydrogen-bond acceptors (Lipinski definition) is 7. The molecule has 162 valence electrons. The van der Waals surface area contributed by atoms with E-state index in [0.717, 1.165) is 5.56 Å². The second-order valence-corrected chi connectivity index (χ2v) is 8.40. The number of carbonyl (C=O) groups is 2. The van der Waals surface area contributed by atoms with Gasteiger partial charge in [-0.25, -0.2) is 9.79 Å². The van der Waals surface area contributed by atoms with E-state index in [1.54, 1.807) is 49.4 Å². The first-order valence-electron chi connectivity index (χ1n) is 9.10. The monoisotopic (exact) mass is 524 g/mol. The van der Waals surface area contributed by atoms with Crippen LogP contribution in [0, 0.1) is 0 Å². The summed E-state index contributed by atoms with van der Waals surface area (Å²) in [7, 11) is 1.54. The number of aliphatic imine (C=N–C) groups is 1. The summed E-state index contributed by atoms with van der Waals surface area (Å²) < 4.78 is 16.2. The molecule has 2 aromatic carbocycles. The number of halogens is 2. The van der Waals surface area contributed by atoms with Gasteiger partial charge in [0, 0.05) is 5.02 Å². The van der Waals surface area contributed by atoms with Crippen LogP contribution in [0.1, 0.15) is 12.5 Å². The Bertz CT molecular complexity index is 1070. The fourth-order valence-corrected chi connectivity index (χ4v) is 4.07. The number of methoxy groups -OCH3 is 1. The van der Waals surface area contributed by atoms with Crippen LogP contribution in [-0.2, 0) is 14.3 Å². The van der Waals surface area contributed by atoms with Crippen molar-refractivity contribution >= 4 is 68.1 Å². The van der Waals surface area contributed by atoms with Crippen molar-refractivity contribution in [2.24, 2.45) is 4.99 Å². The lowest BCUT2D eigenvalue weighted by molar-refractivity contribution is -0.145. The first-order chi connectivity index (χ1) is 14.9. The molecule has 0 aliphatic carbocycles. The quantitative estimate of drug-likeness (QED) is 0.407. The van der Waals surface area contributed by atoms with Gasteiger partial charge >= 0.3 is 5.97 Å². The average molecular weight is 526 g/mol. The molecule has 1 saturated heterocycles. The summed E-state index contributed by atoms with van der Waals surface area (Å²) >= 11 is 10.7. The standard InChI is InChI=1S/C21H18BrClN2O5S/c1-3-29-19(26)11-30-16-6-4-12(8-14(16)22)9-18-20(27)25-21(31-18)24-15-10-13(23)5-7-17(15)28-2/h4-10H,3,11H2,1-2H3,(H,24,25,27)/b18-9-. The van der Waals surface area contributed by atoms with E-state index in [1.165, 1.54) is 18.9 Å². The lowest BCUT2D eigenvalue weighted by Gasteiger charge is -2.08. The first kappa shape index (κ1) is 23.2. The van der Waals surface area contributed by atoms with Crippen molar-refractivity contribution in [3.63, 3.8) is 0 Å². The number of carbonyl (C=O) groups excluding carboxylic acids is 2. The third-order valence-electron chi connectivity index (χ3n) is 3.92. The van der Waals surface area contributed by atoms with Crippen molar-refractivity contribution in [2.75, 3.05) is 20.3 Å². The van der Waals surface area contributed by atoms with Gasteiger partial charge in [0.25, 0.3) is 5.91 Å². The number of esters is 1. The van der Waals surface area contributed by atoms with Gasteiger partial charge in [-0.3, -0.25) is 4.79 Å². The number of thioether (sulfide) groups is 1. The fourth-order valence-electron chi connectivity index (χ4n) is 2.56. The molecule has 0 radical (unpaired) electrons. The molecule has 2 aromatic rings. The van der Waals surface area contributed by atoms with Gasteiger partial charge < -0.3 is 19.5 Å². The number of rotatable bonds is 7. The molecule has 1 heterocycles. The first-order valence-corrected chi connectivity index (χ1v) is 11.1. The van der Waals surface area contributed by atoms with Crippen LogP contribution in [0.2, 0.25) is 5.02 Å². The topological polar surface area (TPSA) is 86.2 Å². The van der Waals surface area contributed by atoms with Crippen LogP contribution >= 0.6 is 39.3 Å². The van der Waals surface area contributed by atoms with Gasteiger partial charge in [-0.15, -0.1) is 0 Å². The van der Waals surface area contributed by atoms with Gasteiger partial charge in [0.05, 0.1) is 23.1 Å². The van der Waals surface area contributed by atoms with Crippen molar-refractivity contribution in [1.29, 1.82) is 0 Å². The fraction of sp³-hybridized carbons (Fsp3) is 0.190. The van der Waals surface area contributed by atoms with Gasteiger partial charge in [-0.1, -0.05) is 17.7 Å². The molecule has 0 unspecified atom stereocenters. The summed E-state index contributed by atoms with van der Waals surface area (Å²) in [6.45, 7) is 1.85. The lowest BCUT2D eigenvalue weighted by atomic mass is 10.2. The molecule has 1 aliphatic heterocycles. The molecule has 31 heavy (non-hydrogen) atoms. The zero-order valence-electron chi connectivity index (χ0n) is 16.6. The van der Waals surface area contributed by atoms with Gasteiger partial charge in [0.15, 0.2) is 11.8 Å². The van der Waals surface area contributed by atoms with Crippen molar-refractivity contribution in [3.8, 4) is 11.5 Å². The summed E-state index contributed by atoms with van der Waals surface area (Å²) in [4.78, 5) is 28.7. The third kappa shape index (κ3) is 6.25. The molecule has 0 spiro atoms. The maximum absolute atomic E-state index is 12.4. The second-order valence-electron chi connectivity index (χ2n) is 6.08. The van der Waals surface area contributed by atoms with Crippen LogP contribution < -0.4 is 14.8 Å². The molecule has 7 nitrogen and oxygen atoms in total. The summed E-state index contributed by atoms with van der Waals surface area (Å²) in [6, 6.07) is 10.3.